The summed E-state index contributed by atoms with van der Waals surface area (Å²) < 4.78 is 13.3. The predicted octanol–water partition coefficient (Wildman–Crippen LogP) is 4.76. The molecule has 6 aliphatic rings. The van der Waals surface area contributed by atoms with E-state index in [-0.39, 0.29) is 29.3 Å². The van der Waals surface area contributed by atoms with Gasteiger partial charge in [0.1, 0.15) is 0 Å². The van der Waals surface area contributed by atoms with E-state index in [0.29, 0.717) is 47.0 Å². The molecule has 4 nitrogen and oxygen atoms in total. The summed E-state index contributed by atoms with van der Waals surface area (Å²) >= 11 is 0. The summed E-state index contributed by atoms with van der Waals surface area (Å²) in [6.45, 7) is 10.6. The molecule has 2 saturated heterocycles. The van der Waals surface area contributed by atoms with Gasteiger partial charge < -0.3 is 19.7 Å². The molecule has 4 aliphatic carbocycles. The maximum Gasteiger partial charge on any atom is 0.171 e. The fourth-order valence-electron chi connectivity index (χ4n) is 10.3. The molecule has 6 fully saturated rings. The molecule has 4 heteroatoms. The van der Waals surface area contributed by atoms with Gasteiger partial charge in [0, 0.05) is 12.3 Å². The van der Waals surface area contributed by atoms with Crippen LogP contribution in [0, 0.1) is 52.3 Å². The van der Waals surface area contributed by atoms with Crippen LogP contribution in [-0.4, -0.2) is 40.9 Å². The summed E-state index contributed by atoms with van der Waals surface area (Å²) in [6.07, 6.45) is 9.58. The van der Waals surface area contributed by atoms with Crippen LogP contribution in [0.25, 0.3) is 0 Å². The zero-order valence-electron chi connectivity index (χ0n) is 20.1. The van der Waals surface area contributed by atoms with Crippen molar-refractivity contribution in [1.29, 1.82) is 0 Å². The highest BCUT2D eigenvalue weighted by Gasteiger charge is 2.69. The maximum atomic E-state index is 11.2. The van der Waals surface area contributed by atoms with E-state index in [1.165, 1.54) is 19.3 Å². The van der Waals surface area contributed by atoms with E-state index in [1.54, 1.807) is 0 Å². The lowest BCUT2D eigenvalue weighted by Gasteiger charge is -2.62. The molecule has 0 aromatic carbocycles. The van der Waals surface area contributed by atoms with Crippen molar-refractivity contribution in [1.82, 2.24) is 0 Å². The Hall–Kier alpha value is -0.160. The Labute approximate surface area is 188 Å². The normalized spacial score (nSPS) is 63.3. The number of ether oxygens (including phenoxy) is 2. The van der Waals surface area contributed by atoms with Gasteiger partial charge in [0.15, 0.2) is 5.79 Å². The summed E-state index contributed by atoms with van der Waals surface area (Å²) in [5.74, 6) is 3.58. The molecule has 31 heavy (non-hydrogen) atoms. The quantitative estimate of drug-likeness (QED) is 0.579. The van der Waals surface area contributed by atoms with E-state index in [4.69, 9.17) is 9.47 Å². The predicted molar refractivity (Wildman–Crippen MR) is 119 cm³/mol. The van der Waals surface area contributed by atoms with E-state index in [2.05, 4.69) is 27.7 Å². The van der Waals surface area contributed by atoms with Gasteiger partial charge in [-0.25, -0.2) is 0 Å². The summed E-state index contributed by atoms with van der Waals surface area (Å²) in [6, 6.07) is 0. The van der Waals surface area contributed by atoms with Gasteiger partial charge in [-0.3, -0.25) is 0 Å². The van der Waals surface area contributed by atoms with Crippen LogP contribution in [0.5, 0.6) is 0 Å². The molecule has 1 spiro atoms. The van der Waals surface area contributed by atoms with Crippen molar-refractivity contribution in [3.8, 4) is 0 Å². The van der Waals surface area contributed by atoms with Crippen molar-refractivity contribution in [2.45, 2.75) is 110 Å². The third kappa shape index (κ3) is 2.80. The Morgan fingerprint density at radius 1 is 0.806 bits per heavy atom. The van der Waals surface area contributed by atoms with E-state index >= 15 is 0 Å². The minimum Gasteiger partial charge on any atom is -0.393 e. The zero-order valence-corrected chi connectivity index (χ0v) is 20.1. The largest absolute Gasteiger partial charge is 0.393 e. The first kappa shape index (κ1) is 21.4. The first-order valence-electron chi connectivity index (χ1n) is 13.4. The highest BCUT2D eigenvalue weighted by molar-refractivity contribution is 5.16. The van der Waals surface area contributed by atoms with Crippen molar-refractivity contribution in [3.05, 3.63) is 0 Å². The van der Waals surface area contributed by atoms with Crippen molar-refractivity contribution < 1.29 is 19.7 Å². The smallest absolute Gasteiger partial charge is 0.171 e. The first-order chi connectivity index (χ1) is 14.7. The highest BCUT2D eigenvalue weighted by atomic mass is 16.7. The lowest BCUT2D eigenvalue weighted by Crippen LogP contribution is -2.58. The molecule has 0 unspecified atom stereocenters. The average molecular weight is 433 g/mol. The number of aliphatic hydroxyl groups excluding tert-OH is 2. The Bertz CT molecular complexity index is 716. The van der Waals surface area contributed by atoms with Crippen LogP contribution in [0.1, 0.15) is 85.5 Å². The Morgan fingerprint density at radius 2 is 1.58 bits per heavy atom. The molecule has 176 valence electrons. The van der Waals surface area contributed by atoms with E-state index in [0.717, 1.165) is 45.1 Å². The second kappa shape index (κ2) is 6.93. The first-order valence-corrected chi connectivity index (χ1v) is 13.4. The van der Waals surface area contributed by atoms with E-state index in [1.807, 2.05) is 0 Å². The minimum absolute atomic E-state index is 0.191. The molecule has 2 heterocycles. The molecule has 13 atom stereocenters. The number of hydrogen-bond donors (Lipinski definition) is 2. The van der Waals surface area contributed by atoms with E-state index < -0.39 is 0 Å². The highest BCUT2D eigenvalue weighted by Crippen LogP contribution is 2.71. The number of rotatable bonds is 0. The molecular formula is C27H44O4. The number of hydrogen-bond acceptors (Lipinski definition) is 4. The monoisotopic (exact) mass is 432 g/mol. The van der Waals surface area contributed by atoms with E-state index in [9.17, 15) is 10.2 Å². The molecule has 0 bridgehead atoms. The second-order valence-electron chi connectivity index (χ2n) is 13.2. The van der Waals surface area contributed by atoms with Gasteiger partial charge in [-0.15, -0.1) is 0 Å². The van der Waals surface area contributed by atoms with Gasteiger partial charge in [-0.2, -0.15) is 0 Å². The molecule has 0 aromatic rings. The zero-order chi connectivity index (χ0) is 21.8. The van der Waals surface area contributed by atoms with Gasteiger partial charge in [0.25, 0.3) is 0 Å². The lowest BCUT2D eigenvalue weighted by molar-refractivity contribution is -0.273. The SMILES string of the molecule is C[C@H]1CC[C@@]2(OC1)O[C@H]1C[C@@H]3[C@@H]4C[C@@H](O)[C@H]5C[C@@H](O)CC[C@]5(C)[C@H]4CC[C@]3(C)[C@H]1[C@@H]2C. The molecule has 6 rings (SSSR count). The Balaban J connectivity index is 1.28. The van der Waals surface area contributed by atoms with Crippen LogP contribution >= 0.6 is 0 Å². The molecule has 4 saturated carbocycles. The Kier molecular flexibility index (Phi) is 4.78. The summed E-state index contributed by atoms with van der Waals surface area (Å²) in [7, 11) is 0. The molecule has 0 aromatic heterocycles. The minimum atomic E-state index is -0.338. The molecular weight excluding hydrogens is 388 g/mol. The average Bonchev–Trinajstić information content (AvgIpc) is 3.17. The van der Waals surface area contributed by atoms with Crippen LogP contribution in [0.15, 0.2) is 0 Å². The topological polar surface area (TPSA) is 58.9 Å². The van der Waals surface area contributed by atoms with Gasteiger partial charge >= 0.3 is 0 Å². The molecule has 2 N–H and O–H groups in total. The fourth-order valence-corrected chi connectivity index (χ4v) is 10.3. The van der Waals surface area contributed by atoms with Gasteiger partial charge in [0.2, 0.25) is 0 Å². The molecule has 0 radical (unpaired) electrons. The lowest BCUT2D eigenvalue weighted by atomic mass is 9.43. The number of aliphatic hydroxyl groups is 2. The van der Waals surface area contributed by atoms with Crippen LogP contribution in [0.2, 0.25) is 0 Å². The van der Waals surface area contributed by atoms with Crippen LogP contribution in [-0.2, 0) is 9.47 Å². The summed E-state index contributed by atoms with van der Waals surface area (Å²) in [5.41, 5.74) is 0.495. The van der Waals surface area contributed by atoms with Gasteiger partial charge in [-0.05, 0) is 97.7 Å². The summed E-state index contributed by atoms with van der Waals surface area (Å²) in [5, 5.41) is 21.5. The third-order valence-corrected chi connectivity index (χ3v) is 11.9. The standard InChI is InChI=1S/C27H44O4/c1-15-5-10-27(30-14-15)16(2)24-23(31-27)13-20-18-12-22(29)21-11-17(28)6-8-25(21,3)19(18)7-9-26(20,24)4/h15-24,28-29H,5-14H2,1-4H3/t15-,16-,17-,18+,19-,20+,21+,22+,23-,24-,25+,26-,27+/m0/s1. The second-order valence-corrected chi connectivity index (χ2v) is 13.2. The summed E-state index contributed by atoms with van der Waals surface area (Å²) in [4.78, 5) is 0. The molecule has 0 amide bonds. The van der Waals surface area contributed by atoms with Crippen LogP contribution < -0.4 is 0 Å². The van der Waals surface area contributed by atoms with Crippen molar-refractivity contribution in [2.24, 2.45) is 52.3 Å². The van der Waals surface area contributed by atoms with Crippen LogP contribution in [0.4, 0.5) is 0 Å². The van der Waals surface area contributed by atoms with Crippen LogP contribution in [0.3, 0.4) is 0 Å². The fraction of sp³-hybridized carbons (Fsp3) is 1.00. The van der Waals surface area contributed by atoms with Gasteiger partial charge in [-0.1, -0.05) is 27.7 Å². The Morgan fingerprint density at radius 3 is 2.32 bits per heavy atom. The maximum absolute atomic E-state index is 11.2. The van der Waals surface area contributed by atoms with Crippen molar-refractivity contribution in [3.63, 3.8) is 0 Å². The number of fused-ring (bicyclic) bond motifs is 7. The van der Waals surface area contributed by atoms with Gasteiger partial charge in [0.05, 0.1) is 24.9 Å². The van der Waals surface area contributed by atoms with Crippen molar-refractivity contribution >= 4 is 0 Å². The molecule has 2 aliphatic heterocycles. The van der Waals surface area contributed by atoms with Crippen molar-refractivity contribution in [2.75, 3.05) is 6.61 Å². The third-order valence-electron chi connectivity index (χ3n) is 11.9.